The zero-order valence-electron chi connectivity index (χ0n) is 20.8. The topological polar surface area (TPSA) is 60.0 Å². The molecule has 1 aliphatic rings. The summed E-state index contributed by atoms with van der Waals surface area (Å²) < 4.78 is 0. The van der Waals surface area contributed by atoms with Crippen molar-refractivity contribution in [2.24, 2.45) is 4.99 Å². The van der Waals surface area contributed by atoms with E-state index < -0.39 is 0 Å². The third-order valence-electron chi connectivity index (χ3n) is 6.07. The Morgan fingerprint density at radius 2 is 1.82 bits per heavy atom. The summed E-state index contributed by atoms with van der Waals surface area (Å²) in [6.07, 6.45) is 4.57. The van der Waals surface area contributed by atoms with Crippen LogP contribution in [0, 0.1) is 0 Å². The molecule has 186 valence electrons. The van der Waals surface area contributed by atoms with Crippen molar-refractivity contribution in [1.82, 2.24) is 20.4 Å². The van der Waals surface area contributed by atoms with Crippen LogP contribution in [0.25, 0.3) is 0 Å². The molecule has 2 aromatic rings. The fraction of sp³-hybridized carbons (Fsp3) is 0.481. The van der Waals surface area contributed by atoms with Crippen LogP contribution in [0.2, 0.25) is 0 Å². The van der Waals surface area contributed by atoms with Gasteiger partial charge in [-0.15, -0.1) is 24.0 Å². The summed E-state index contributed by atoms with van der Waals surface area (Å²) in [4.78, 5) is 21.3. The molecule has 7 heteroatoms. The predicted octanol–water partition coefficient (Wildman–Crippen LogP) is 4.16. The van der Waals surface area contributed by atoms with Gasteiger partial charge in [-0.2, -0.15) is 0 Å². The van der Waals surface area contributed by atoms with E-state index in [1.54, 1.807) is 19.0 Å². The standard InChI is InChI=1S/C27H39N5O.HI/c1-4-28-27(29-17-16-22-13-10-14-24(19-22)26(33)31(2)3)30-20-25-15-8-9-18-32(25)21-23-11-6-5-7-12-23;/h5-7,10-14,19,25H,4,8-9,15-18,20-21H2,1-3H3,(H2,28,29,30);1H. The molecule has 2 aromatic carbocycles. The maximum atomic E-state index is 12.2. The maximum absolute atomic E-state index is 12.2. The molecule has 3 rings (SSSR count). The molecule has 0 spiro atoms. The van der Waals surface area contributed by atoms with Gasteiger partial charge in [0.2, 0.25) is 0 Å². The Morgan fingerprint density at radius 1 is 1.06 bits per heavy atom. The molecule has 1 unspecified atom stereocenters. The Kier molecular flexibility index (Phi) is 12.4. The number of hydrogen-bond acceptors (Lipinski definition) is 3. The van der Waals surface area contributed by atoms with E-state index in [0.717, 1.165) is 56.2 Å². The molecule has 34 heavy (non-hydrogen) atoms. The molecule has 1 saturated heterocycles. The first kappa shape index (κ1) is 28.1. The molecule has 0 radical (unpaired) electrons. The van der Waals surface area contributed by atoms with Gasteiger partial charge in [0, 0.05) is 45.3 Å². The molecular formula is C27H40IN5O. The number of guanidine groups is 1. The molecule has 0 saturated carbocycles. The van der Waals surface area contributed by atoms with Crippen LogP contribution in [-0.2, 0) is 13.0 Å². The lowest BCUT2D eigenvalue weighted by Gasteiger charge is -2.35. The van der Waals surface area contributed by atoms with E-state index in [0.29, 0.717) is 6.04 Å². The van der Waals surface area contributed by atoms with Gasteiger partial charge in [0.1, 0.15) is 0 Å². The van der Waals surface area contributed by atoms with Crippen LogP contribution in [0.3, 0.4) is 0 Å². The fourth-order valence-corrected chi connectivity index (χ4v) is 4.27. The lowest BCUT2D eigenvalue weighted by molar-refractivity contribution is 0.0827. The molecular weight excluding hydrogens is 537 g/mol. The van der Waals surface area contributed by atoms with Gasteiger partial charge in [-0.3, -0.25) is 14.7 Å². The Labute approximate surface area is 222 Å². The smallest absolute Gasteiger partial charge is 0.253 e. The molecule has 0 bridgehead atoms. The molecule has 1 fully saturated rings. The monoisotopic (exact) mass is 577 g/mol. The minimum absolute atomic E-state index is 0. The summed E-state index contributed by atoms with van der Waals surface area (Å²) in [5, 5.41) is 6.85. The second-order valence-corrected chi connectivity index (χ2v) is 8.90. The van der Waals surface area contributed by atoms with E-state index in [1.807, 2.05) is 18.2 Å². The summed E-state index contributed by atoms with van der Waals surface area (Å²) in [5.74, 6) is 0.899. The molecule has 2 N–H and O–H groups in total. The van der Waals surface area contributed by atoms with Crippen LogP contribution in [0.5, 0.6) is 0 Å². The van der Waals surface area contributed by atoms with Gasteiger partial charge in [-0.25, -0.2) is 0 Å². The van der Waals surface area contributed by atoms with E-state index in [-0.39, 0.29) is 29.9 Å². The highest BCUT2D eigenvalue weighted by atomic mass is 127. The number of likely N-dealkylation sites (tertiary alicyclic amines) is 1. The second kappa shape index (κ2) is 15.0. The zero-order chi connectivity index (χ0) is 23.5. The summed E-state index contributed by atoms with van der Waals surface area (Å²) in [7, 11) is 3.56. The lowest BCUT2D eigenvalue weighted by Crippen LogP contribution is -2.43. The van der Waals surface area contributed by atoms with E-state index in [2.05, 4.69) is 58.9 Å². The number of benzene rings is 2. The fourth-order valence-electron chi connectivity index (χ4n) is 4.27. The normalized spacial score (nSPS) is 16.4. The first-order chi connectivity index (χ1) is 16.1. The van der Waals surface area contributed by atoms with Crippen molar-refractivity contribution < 1.29 is 4.79 Å². The summed E-state index contributed by atoms with van der Waals surface area (Å²) in [6.45, 7) is 6.62. The highest BCUT2D eigenvalue weighted by Crippen LogP contribution is 2.20. The Morgan fingerprint density at radius 3 is 2.56 bits per heavy atom. The molecule has 6 nitrogen and oxygen atoms in total. The van der Waals surface area contributed by atoms with E-state index in [1.165, 1.54) is 24.8 Å². The van der Waals surface area contributed by atoms with Crippen molar-refractivity contribution in [1.29, 1.82) is 0 Å². The summed E-state index contributed by atoms with van der Waals surface area (Å²) in [5.41, 5.74) is 3.25. The number of halogens is 1. The Hall–Kier alpha value is -2.13. The van der Waals surface area contributed by atoms with Gasteiger partial charge in [-0.05, 0) is 56.0 Å². The van der Waals surface area contributed by atoms with E-state index >= 15 is 0 Å². The minimum Gasteiger partial charge on any atom is -0.357 e. The Balaban J connectivity index is 0.00000408. The highest BCUT2D eigenvalue weighted by Gasteiger charge is 2.22. The number of rotatable bonds is 9. The lowest BCUT2D eigenvalue weighted by atomic mass is 10.0. The second-order valence-electron chi connectivity index (χ2n) is 8.90. The third kappa shape index (κ3) is 8.91. The van der Waals surface area contributed by atoms with Crippen LogP contribution in [0.4, 0.5) is 0 Å². The van der Waals surface area contributed by atoms with Crippen LogP contribution in [0.15, 0.2) is 59.6 Å². The minimum atomic E-state index is 0. The van der Waals surface area contributed by atoms with E-state index in [4.69, 9.17) is 4.99 Å². The predicted molar refractivity (Wildman–Crippen MR) is 152 cm³/mol. The zero-order valence-corrected chi connectivity index (χ0v) is 23.1. The number of carbonyl (C=O) groups is 1. The van der Waals surface area contributed by atoms with Crippen molar-refractivity contribution >= 4 is 35.8 Å². The van der Waals surface area contributed by atoms with Gasteiger partial charge in [0.05, 0.1) is 6.54 Å². The quantitative estimate of drug-likeness (QED) is 0.267. The van der Waals surface area contributed by atoms with E-state index in [9.17, 15) is 4.79 Å². The number of aliphatic imine (C=N–C) groups is 1. The van der Waals surface area contributed by atoms with Crippen LogP contribution in [0.1, 0.15) is 47.7 Å². The number of amides is 1. The van der Waals surface area contributed by atoms with Crippen molar-refractivity contribution in [2.45, 2.75) is 45.2 Å². The number of carbonyl (C=O) groups excluding carboxylic acids is 1. The average Bonchev–Trinajstić information content (AvgIpc) is 2.83. The first-order valence-electron chi connectivity index (χ1n) is 12.2. The number of hydrogen-bond donors (Lipinski definition) is 2. The van der Waals surface area contributed by atoms with Crippen LogP contribution in [-0.4, -0.2) is 68.0 Å². The molecule has 1 aliphatic heterocycles. The van der Waals surface area contributed by atoms with Gasteiger partial charge in [0.15, 0.2) is 5.96 Å². The van der Waals surface area contributed by atoms with Crippen molar-refractivity contribution in [3.05, 3.63) is 71.3 Å². The molecule has 0 aliphatic carbocycles. The van der Waals surface area contributed by atoms with Gasteiger partial charge >= 0.3 is 0 Å². The largest absolute Gasteiger partial charge is 0.357 e. The van der Waals surface area contributed by atoms with Crippen LogP contribution < -0.4 is 10.6 Å². The first-order valence-corrected chi connectivity index (χ1v) is 12.2. The van der Waals surface area contributed by atoms with Gasteiger partial charge in [0.25, 0.3) is 5.91 Å². The van der Waals surface area contributed by atoms with Crippen LogP contribution >= 0.6 is 24.0 Å². The molecule has 1 atom stereocenters. The average molecular weight is 578 g/mol. The Bertz CT molecular complexity index is 903. The maximum Gasteiger partial charge on any atom is 0.253 e. The number of nitrogens with one attached hydrogen (secondary N) is 2. The molecule has 1 heterocycles. The van der Waals surface area contributed by atoms with Crippen molar-refractivity contribution in [2.75, 3.05) is 40.3 Å². The van der Waals surface area contributed by atoms with Gasteiger partial charge in [-0.1, -0.05) is 48.9 Å². The number of nitrogens with zero attached hydrogens (tertiary/aromatic N) is 3. The SMILES string of the molecule is CCNC(=NCC1CCCCN1Cc1ccccc1)NCCc1cccc(C(=O)N(C)C)c1.I. The molecule has 1 amide bonds. The van der Waals surface area contributed by atoms with Crippen molar-refractivity contribution in [3.63, 3.8) is 0 Å². The molecule has 0 aromatic heterocycles. The summed E-state index contributed by atoms with van der Waals surface area (Å²) >= 11 is 0. The third-order valence-corrected chi connectivity index (χ3v) is 6.07. The van der Waals surface area contributed by atoms with Crippen molar-refractivity contribution in [3.8, 4) is 0 Å². The highest BCUT2D eigenvalue weighted by molar-refractivity contribution is 14.0. The number of piperidine rings is 1. The van der Waals surface area contributed by atoms with Gasteiger partial charge < -0.3 is 15.5 Å². The summed E-state index contributed by atoms with van der Waals surface area (Å²) in [6, 6.07) is 19.1.